The van der Waals surface area contributed by atoms with E-state index in [9.17, 15) is 9.59 Å². The van der Waals surface area contributed by atoms with Crippen LogP contribution in [0.15, 0.2) is 52.2 Å². The predicted octanol–water partition coefficient (Wildman–Crippen LogP) is 5.15. The number of thiazole rings is 1. The number of hydrogen-bond acceptors (Lipinski definition) is 6. The Kier molecular flexibility index (Phi) is 7.50. The van der Waals surface area contributed by atoms with Gasteiger partial charge in [0.2, 0.25) is 5.91 Å². The normalized spacial score (nSPS) is 13.9. The van der Waals surface area contributed by atoms with Gasteiger partial charge < -0.3 is 9.80 Å². The van der Waals surface area contributed by atoms with Gasteiger partial charge in [0.15, 0.2) is 5.78 Å². The molecule has 7 heteroatoms. The van der Waals surface area contributed by atoms with Crippen molar-refractivity contribution in [2.24, 2.45) is 0 Å². The van der Waals surface area contributed by atoms with E-state index < -0.39 is 0 Å². The third-order valence-electron chi connectivity index (χ3n) is 5.99. The van der Waals surface area contributed by atoms with Crippen molar-refractivity contribution >= 4 is 40.5 Å². The number of ketones is 1. The number of thioether (sulfide) groups is 1. The fourth-order valence-corrected chi connectivity index (χ4v) is 5.83. The SMILES string of the molecule is CC(=O)c1ccc(N2CCN(C(=O)Cc3csc(SCc4cc(C)ccc4C)n3)CC2)cc1. The second kappa shape index (κ2) is 10.5. The lowest BCUT2D eigenvalue weighted by Crippen LogP contribution is -2.49. The molecular formula is C26H29N3O2S2. The Morgan fingerprint density at radius 2 is 1.76 bits per heavy atom. The number of anilines is 1. The van der Waals surface area contributed by atoms with Crippen molar-refractivity contribution in [3.05, 3.63) is 75.8 Å². The zero-order valence-electron chi connectivity index (χ0n) is 19.3. The van der Waals surface area contributed by atoms with Crippen molar-refractivity contribution < 1.29 is 9.59 Å². The van der Waals surface area contributed by atoms with Gasteiger partial charge in [-0.3, -0.25) is 9.59 Å². The molecule has 0 saturated carbocycles. The fourth-order valence-electron chi connectivity index (χ4n) is 3.92. The van der Waals surface area contributed by atoms with Gasteiger partial charge in [-0.25, -0.2) is 4.98 Å². The number of hydrogen-bond donors (Lipinski definition) is 0. The lowest BCUT2D eigenvalue weighted by Gasteiger charge is -2.36. The van der Waals surface area contributed by atoms with Crippen LogP contribution < -0.4 is 4.90 Å². The maximum absolute atomic E-state index is 12.8. The highest BCUT2D eigenvalue weighted by Gasteiger charge is 2.22. The molecule has 1 aliphatic rings. The van der Waals surface area contributed by atoms with Gasteiger partial charge in [-0.05, 0) is 56.2 Å². The van der Waals surface area contributed by atoms with E-state index in [2.05, 4.69) is 36.9 Å². The van der Waals surface area contributed by atoms with Crippen LogP contribution in [0, 0.1) is 13.8 Å². The lowest BCUT2D eigenvalue weighted by molar-refractivity contribution is -0.130. The Morgan fingerprint density at radius 3 is 2.45 bits per heavy atom. The third-order valence-corrected chi connectivity index (χ3v) is 8.11. The van der Waals surface area contributed by atoms with E-state index in [1.165, 1.54) is 16.7 Å². The molecule has 0 bridgehead atoms. The van der Waals surface area contributed by atoms with Gasteiger partial charge in [-0.15, -0.1) is 11.3 Å². The van der Waals surface area contributed by atoms with E-state index >= 15 is 0 Å². The highest BCUT2D eigenvalue weighted by molar-refractivity contribution is 8.00. The molecule has 0 unspecified atom stereocenters. The Hall–Kier alpha value is -2.64. The molecule has 2 aromatic carbocycles. The topological polar surface area (TPSA) is 53.5 Å². The number of benzene rings is 2. The largest absolute Gasteiger partial charge is 0.368 e. The number of amides is 1. The molecule has 0 spiro atoms. The summed E-state index contributed by atoms with van der Waals surface area (Å²) in [5.74, 6) is 1.10. The summed E-state index contributed by atoms with van der Waals surface area (Å²) in [7, 11) is 0. The molecule has 1 aromatic heterocycles. The van der Waals surface area contributed by atoms with Gasteiger partial charge in [0.05, 0.1) is 12.1 Å². The Labute approximate surface area is 203 Å². The molecule has 3 aromatic rings. The minimum atomic E-state index is 0.0749. The van der Waals surface area contributed by atoms with Crippen LogP contribution in [0.5, 0.6) is 0 Å². The Balaban J connectivity index is 1.27. The maximum atomic E-state index is 12.8. The second-order valence-electron chi connectivity index (χ2n) is 8.47. The molecule has 172 valence electrons. The summed E-state index contributed by atoms with van der Waals surface area (Å²) >= 11 is 3.35. The average molecular weight is 480 g/mol. The molecule has 0 aliphatic carbocycles. The molecule has 1 amide bonds. The van der Waals surface area contributed by atoms with Crippen LogP contribution in [0.4, 0.5) is 5.69 Å². The Morgan fingerprint density at radius 1 is 1.03 bits per heavy atom. The van der Waals surface area contributed by atoms with Crippen LogP contribution in [0.1, 0.15) is 39.7 Å². The minimum Gasteiger partial charge on any atom is -0.368 e. The number of carbonyl (C=O) groups excluding carboxylic acids is 2. The monoisotopic (exact) mass is 479 g/mol. The van der Waals surface area contributed by atoms with Gasteiger partial charge in [0.1, 0.15) is 4.34 Å². The predicted molar refractivity (Wildman–Crippen MR) is 137 cm³/mol. The average Bonchev–Trinajstić information content (AvgIpc) is 3.27. The van der Waals surface area contributed by atoms with Gasteiger partial charge in [-0.1, -0.05) is 35.5 Å². The number of carbonyl (C=O) groups is 2. The van der Waals surface area contributed by atoms with E-state index in [4.69, 9.17) is 4.98 Å². The van der Waals surface area contributed by atoms with Crippen molar-refractivity contribution in [1.82, 2.24) is 9.88 Å². The van der Waals surface area contributed by atoms with E-state index in [1.54, 1.807) is 30.0 Å². The summed E-state index contributed by atoms with van der Waals surface area (Å²) in [6.45, 7) is 8.82. The number of nitrogens with zero attached hydrogens (tertiary/aromatic N) is 3. The zero-order chi connectivity index (χ0) is 23.4. The summed E-state index contributed by atoms with van der Waals surface area (Å²) in [6.07, 6.45) is 0.355. The molecular weight excluding hydrogens is 450 g/mol. The van der Waals surface area contributed by atoms with Crippen LogP contribution in [-0.4, -0.2) is 47.8 Å². The van der Waals surface area contributed by atoms with Crippen LogP contribution in [0.25, 0.3) is 0 Å². The van der Waals surface area contributed by atoms with Crippen LogP contribution in [0.2, 0.25) is 0 Å². The molecule has 0 radical (unpaired) electrons. The number of rotatable bonds is 7. The summed E-state index contributed by atoms with van der Waals surface area (Å²) in [5, 5.41) is 2.01. The first-order valence-corrected chi connectivity index (χ1v) is 13.0. The minimum absolute atomic E-state index is 0.0749. The number of Topliss-reactive ketones (excluding diaryl/α,β-unsaturated/α-hetero) is 1. The van der Waals surface area contributed by atoms with Crippen molar-refractivity contribution in [2.45, 2.75) is 37.3 Å². The maximum Gasteiger partial charge on any atom is 0.228 e. The molecule has 33 heavy (non-hydrogen) atoms. The smallest absolute Gasteiger partial charge is 0.228 e. The lowest BCUT2D eigenvalue weighted by atomic mass is 10.1. The molecule has 1 aliphatic heterocycles. The summed E-state index contributed by atoms with van der Waals surface area (Å²) in [6, 6.07) is 14.2. The molecule has 1 fully saturated rings. The van der Waals surface area contributed by atoms with Crippen molar-refractivity contribution in [3.63, 3.8) is 0 Å². The van der Waals surface area contributed by atoms with Crippen LogP contribution in [-0.2, 0) is 17.0 Å². The standard InChI is InChI=1S/C26H29N3O2S2/c1-18-4-5-19(2)22(14-18)16-32-26-27-23(17-33-26)15-25(31)29-12-10-28(11-13-29)24-8-6-21(7-9-24)20(3)30/h4-9,14,17H,10-13,15-16H2,1-3H3. The second-order valence-corrected chi connectivity index (χ2v) is 10.6. The molecule has 5 nitrogen and oxygen atoms in total. The molecule has 0 atom stereocenters. The highest BCUT2D eigenvalue weighted by Crippen LogP contribution is 2.28. The van der Waals surface area contributed by atoms with Gasteiger partial charge in [-0.2, -0.15) is 0 Å². The number of aromatic nitrogens is 1. The Bertz CT molecular complexity index is 1130. The molecule has 1 saturated heterocycles. The first-order valence-electron chi connectivity index (χ1n) is 11.2. The van der Waals surface area contributed by atoms with E-state index in [0.717, 1.165) is 40.1 Å². The van der Waals surface area contributed by atoms with Gasteiger partial charge in [0, 0.05) is 48.6 Å². The fraction of sp³-hybridized carbons (Fsp3) is 0.346. The van der Waals surface area contributed by atoms with Gasteiger partial charge in [0.25, 0.3) is 0 Å². The highest BCUT2D eigenvalue weighted by atomic mass is 32.2. The molecule has 2 heterocycles. The van der Waals surface area contributed by atoms with Crippen LogP contribution >= 0.6 is 23.1 Å². The molecule has 0 N–H and O–H groups in total. The van der Waals surface area contributed by atoms with Crippen molar-refractivity contribution in [3.8, 4) is 0 Å². The third kappa shape index (κ3) is 6.03. The molecule has 4 rings (SSSR count). The summed E-state index contributed by atoms with van der Waals surface area (Å²) < 4.78 is 1.01. The van der Waals surface area contributed by atoms with E-state index in [-0.39, 0.29) is 11.7 Å². The number of aryl methyl sites for hydroxylation is 2. The van der Waals surface area contributed by atoms with Gasteiger partial charge >= 0.3 is 0 Å². The summed E-state index contributed by atoms with van der Waals surface area (Å²) in [4.78, 5) is 33.2. The van der Waals surface area contributed by atoms with E-state index in [0.29, 0.717) is 19.5 Å². The first-order chi connectivity index (χ1) is 15.9. The number of piperazine rings is 1. The van der Waals surface area contributed by atoms with Crippen LogP contribution in [0.3, 0.4) is 0 Å². The zero-order valence-corrected chi connectivity index (χ0v) is 21.0. The van der Waals surface area contributed by atoms with Crippen molar-refractivity contribution in [1.29, 1.82) is 0 Å². The quantitative estimate of drug-likeness (QED) is 0.347. The summed E-state index contributed by atoms with van der Waals surface area (Å²) in [5.41, 5.74) is 6.58. The van der Waals surface area contributed by atoms with Crippen molar-refractivity contribution in [2.75, 3.05) is 31.1 Å². The first kappa shape index (κ1) is 23.5. The van der Waals surface area contributed by atoms with E-state index in [1.807, 2.05) is 34.5 Å².